The van der Waals surface area contributed by atoms with E-state index in [1.165, 1.54) is 37.5 Å². The highest BCUT2D eigenvalue weighted by Gasteiger charge is 2.10. The lowest BCUT2D eigenvalue weighted by Crippen LogP contribution is -2.19. The number of rotatable bonds is 14. The molecule has 0 unspecified atom stereocenters. The van der Waals surface area contributed by atoms with Gasteiger partial charge in [-0.1, -0.05) is 72.9 Å². The molecule has 36 heavy (non-hydrogen) atoms. The number of benzene rings is 2. The number of carbonyl (C=O) groups is 1. The standard InChI is InChI=1S/C25H29Cl2N5O3S/c1-2-3-4-5-6-17-7-9-19(10-8-17)34-11-12-35-24-20(26)13-18(14-21(24)27)16-29-30-22(33)15-23-31-32-25(28)36-23/h7-10,13-14,16H,2-6,11-12,15H2,1H3,(H2,28,32)(H,30,33)/b29-16+. The van der Waals surface area contributed by atoms with Gasteiger partial charge < -0.3 is 15.2 Å². The maximum absolute atomic E-state index is 11.9. The molecule has 0 saturated carbocycles. The molecule has 1 aromatic heterocycles. The van der Waals surface area contributed by atoms with Crippen molar-refractivity contribution in [2.24, 2.45) is 5.10 Å². The highest BCUT2D eigenvalue weighted by molar-refractivity contribution is 7.15. The van der Waals surface area contributed by atoms with Crippen molar-refractivity contribution in [3.63, 3.8) is 0 Å². The molecule has 3 rings (SSSR count). The summed E-state index contributed by atoms with van der Waals surface area (Å²) in [5.74, 6) is 0.803. The van der Waals surface area contributed by atoms with Gasteiger partial charge in [0, 0.05) is 0 Å². The van der Waals surface area contributed by atoms with E-state index in [0.29, 0.717) is 38.1 Å². The third-order valence-electron chi connectivity index (χ3n) is 5.06. The van der Waals surface area contributed by atoms with Crippen molar-refractivity contribution in [3.8, 4) is 11.5 Å². The Kier molecular flexibility index (Phi) is 11.3. The Morgan fingerprint density at radius 3 is 2.47 bits per heavy atom. The Labute approximate surface area is 224 Å². The molecule has 0 atom stereocenters. The summed E-state index contributed by atoms with van der Waals surface area (Å²) in [4.78, 5) is 11.9. The van der Waals surface area contributed by atoms with Crippen molar-refractivity contribution < 1.29 is 14.3 Å². The molecule has 3 aromatic rings. The topological polar surface area (TPSA) is 112 Å². The smallest absolute Gasteiger partial charge is 0.247 e. The largest absolute Gasteiger partial charge is 0.490 e. The first kappa shape index (κ1) is 27.7. The van der Waals surface area contributed by atoms with Crippen LogP contribution in [0.1, 0.15) is 48.7 Å². The molecule has 11 heteroatoms. The van der Waals surface area contributed by atoms with Gasteiger partial charge in [0.15, 0.2) is 5.75 Å². The van der Waals surface area contributed by atoms with E-state index in [0.717, 1.165) is 23.5 Å². The summed E-state index contributed by atoms with van der Waals surface area (Å²) in [5, 5.41) is 12.8. The number of anilines is 1. The molecular weight excluding hydrogens is 521 g/mol. The second-order valence-corrected chi connectivity index (χ2v) is 9.88. The van der Waals surface area contributed by atoms with Crippen molar-refractivity contribution in [3.05, 3.63) is 62.6 Å². The lowest BCUT2D eigenvalue weighted by atomic mass is 10.1. The summed E-state index contributed by atoms with van der Waals surface area (Å²) in [6.07, 6.45) is 7.57. The second-order valence-electron chi connectivity index (χ2n) is 7.97. The SMILES string of the molecule is CCCCCCc1ccc(OCCOc2c(Cl)cc(/C=N/NC(=O)Cc3nnc(N)s3)cc2Cl)cc1. The van der Waals surface area contributed by atoms with E-state index in [-0.39, 0.29) is 18.9 Å². The van der Waals surface area contributed by atoms with Crippen LogP contribution in [0.4, 0.5) is 5.13 Å². The van der Waals surface area contributed by atoms with Crippen molar-refractivity contribution in [2.45, 2.75) is 45.4 Å². The lowest BCUT2D eigenvalue weighted by molar-refractivity contribution is -0.120. The van der Waals surface area contributed by atoms with Crippen molar-refractivity contribution in [2.75, 3.05) is 18.9 Å². The van der Waals surface area contributed by atoms with Gasteiger partial charge in [-0.15, -0.1) is 10.2 Å². The highest BCUT2D eigenvalue weighted by Crippen LogP contribution is 2.33. The number of nitrogens with two attached hydrogens (primary N) is 1. The van der Waals surface area contributed by atoms with Crippen molar-refractivity contribution in [1.29, 1.82) is 0 Å². The first-order valence-corrected chi connectivity index (χ1v) is 13.2. The number of carbonyl (C=O) groups excluding carboxylic acids is 1. The van der Waals surface area contributed by atoms with Gasteiger partial charge in [-0.05, 0) is 48.2 Å². The van der Waals surface area contributed by atoms with Crippen LogP contribution in [0, 0.1) is 0 Å². The first-order chi connectivity index (χ1) is 17.4. The molecule has 1 amide bonds. The maximum Gasteiger partial charge on any atom is 0.247 e. The molecule has 8 nitrogen and oxygen atoms in total. The van der Waals surface area contributed by atoms with Gasteiger partial charge in [0.25, 0.3) is 0 Å². The average molecular weight is 551 g/mol. The van der Waals surface area contributed by atoms with Crippen LogP contribution in [-0.4, -0.2) is 35.5 Å². The lowest BCUT2D eigenvalue weighted by Gasteiger charge is -2.12. The van der Waals surface area contributed by atoms with E-state index in [2.05, 4.69) is 39.8 Å². The van der Waals surface area contributed by atoms with E-state index in [1.54, 1.807) is 12.1 Å². The van der Waals surface area contributed by atoms with Crippen LogP contribution in [0.5, 0.6) is 11.5 Å². The van der Waals surface area contributed by atoms with E-state index in [4.69, 9.17) is 38.4 Å². The minimum Gasteiger partial charge on any atom is -0.490 e. The number of hydrogen-bond donors (Lipinski definition) is 2. The zero-order chi connectivity index (χ0) is 25.8. The molecule has 0 spiro atoms. The van der Waals surface area contributed by atoms with Crippen LogP contribution >= 0.6 is 34.5 Å². The predicted molar refractivity (Wildman–Crippen MR) is 146 cm³/mol. The third-order valence-corrected chi connectivity index (χ3v) is 6.37. The summed E-state index contributed by atoms with van der Waals surface area (Å²) in [5.41, 5.74) is 9.83. The fourth-order valence-electron chi connectivity index (χ4n) is 3.30. The van der Waals surface area contributed by atoms with E-state index < -0.39 is 0 Å². The van der Waals surface area contributed by atoms with Gasteiger partial charge in [0.05, 0.1) is 22.7 Å². The Hall–Kier alpha value is -2.88. The number of hydrogen-bond acceptors (Lipinski definition) is 8. The van der Waals surface area contributed by atoms with Crippen LogP contribution in [-0.2, 0) is 17.6 Å². The summed E-state index contributed by atoms with van der Waals surface area (Å²) in [6.45, 7) is 2.84. The number of ether oxygens (including phenoxy) is 2. The van der Waals surface area contributed by atoms with Crippen LogP contribution in [0.25, 0.3) is 0 Å². The monoisotopic (exact) mass is 549 g/mol. The van der Waals surface area contributed by atoms with Crippen LogP contribution < -0.4 is 20.6 Å². The number of aryl methyl sites for hydroxylation is 1. The van der Waals surface area contributed by atoms with Gasteiger partial charge in [0.1, 0.15) is 24.0 Å². The van der Waals surface area contributed by atoms with Gasteiger partial charge >= 0.3 is 0 Å². The van der Waals surface area contributed by atoms with Gasteiger partial charge in [-0.2, -0.15) is 5.10 Å². The fraction of sp³-hybridized carbons (Fsp3) is 0.360. The molecular formula is C25H29Cl2N5O3S. The number of amides is 1. The second kappa shape index (κ2) is 14.6. The molecule has 2 aromatic carbocycles. The third kappa shape index (κ3) is 9.29. The average Bonchev–Trinajstić information content (AvgIpc) is 3.26. The molecule has 3 N–H and O–H groups in total. The molecule has 0 saturated heterocycles. The number of nitrogen functional groups attached to an aromatic ring is 1. The summed E-state index contributed by atoms with van der Waals surface area (Å²) >= 11 is 13.8. The number of halogens is 2. The molecule has 0 radical (unpaired) electrons. The number of nitrogens with zero attached hydrogens (tertiary/aromatic N) is 3. The summed E-state index contributed by atoms with van der Waals surface area (Å²) < 4.78 is 11.5. The van der Waals surface area contributed by atoms with Crippen molar-refractivity contribution in [1.82, 2.24) is 15.6 Å². The Morgan fingerprint density at radius 2 is 1.81 bits per heavy atom. The Morgan fingerprint density at radius 1 is 1.08 bits per heavy atom. The maximum atomic E-state index is 11.9. The van der Waals surface area contributed by atoms with E-state index in [1.807, 2.05) is 12.1 Å². The Bertz CT molecular complexity index is 1130. The fourth-order valence-corrected chi connectivity index (χ4v) is 4.52. The minimum absolute atomic E-state index is 0.0335. The zero-order valence-electron chi connectivity index (χ0n) is 20.0. The van der Waals surface area contributed by atoms with Crippen molar-refractivity contribution >= 4 is 51.8 Å². The van der Waals surface area contributed by atoms with Gasteiger partial charge in [0.2, 0.25) is 11.0 Å². The minimum atomic E-state index is -0.346. The van der Waals surface area contributed by atoms with Crippen LogP contribution in [0.2, 0.25) is 10.0 Å². The van der Waals surface area contributed by atoms with E-state index in [9.17, 15) is 4.79 Å². The van der Waals surface area contributed by atoms with E-state index >= 15 is 0 Å². The van der Waals surface area contributed by atoms with Crippen LogP contribution in [0.3, 0.4) is 0 Å². The predicted octanol–water partition coefficient (Wildman–Crippen LogP) is 5.70. The van der Waals surface area contributed by atoms with Gasteiger partial charge in [-0.25, -0.2) is 5.43 Å². The van der Waals surface area contributed by atoms with Gasteiger partial charge in [-0.3, -0.25) is 4.79 Å². The number of aromatic nitrogens is 2. The molecule has 0 aliphatic heterocycles. The quantitative estimate of drug-likeness (QED) is 0.151. The first-order valence-electron chi connectivity index (χ1n) is 11.7. The molecule has 0 aliphatic rings. The zero-order valence-corrected chi connectivity index (χ0v) is 22.3. The number of nitrogens with one attached hydrogen (secondary N) is 1. The highest BCUT2D eigenvalue weighted by atomic mass is 35.5. The number of unbranched alkanes of at least 4 members (excludes halogenated alkanes) is 3. The summed E-state index contributed by atoms with van der Waals surface area (Å²) in [6, 6.07) is 11.4. The van der Waals surface area contributed by atoms with Crippen LogP contribution in [0.15, 0.2) is 41.5 Å². The molecule has 0 bridgehead atoms. The molecule has 0 fully saturated rings. The molecule has 0 aliphatic carbocycles. The molecule has 1 heterocycles. The number of hydrazone groups is 1. The molecule has 192 valence electrons. The summed E-state index contributed by atoms with van der Waals surface area (Å²) in [7, 11) is 0. The normalized spacial score (nSPS) is 11.1. The Balaban J connectivity index is 1.41.